The monoisotopic (exact) mass is 542 g/mol. The lowest BCUT2D eigenvalue weighted by Crippen LogP contribution is -2.50. The summed E-state index contributed by atoms with van der Waals surface area (Å²) in [6.45, 7) is 4.29. The number of amides is 2. The molecule has 1 saturated carbocycles. The van der Waals surface area contributed by atoms with Crippen molar-refractivity contribution < 1.29 is 33.4 Å². The van der Waals surface area contributed by atoms with Gasteiger partial charge in [-0.3, -0.25) is 19.2 Å². The third kappa shape index (κ3) is 7.88. The van der Waals surface area contributed by atoms with Crippen LogP contribution in [0.25, 0.3) is 0 Å². The molecule has 0 spiro atoms. The lowest BCUT2D eigenvalue weighted by Gasteiger charge is -2.26. The zero-order valence-corrected chi connectivity index (χ0v) is 23.3. The fourth-order valence-corrected chi connectivity index (χ4v) is 5.61. The first-order chi connectivity index (χ1) is 18.7. The fourth-order valence-electron chi connectivity index (χ4n) is 5.61. The summed E-state index contributed by atoms with van der Waals surface area (Å²) in [6, 6.07) is 5.95. The number of benzene rings is 1. The first-order valence-electron chi connectivity index (χ1n) is 14.2. The van der Waals surface area contributed by atoms with E-state index in [4.69, 9.17) is 14.2 Å². The molecule has 2 N–H and O–H groups in total. The number of nitrogens with one attached hydrogen (secondary N) is 2. The molecule has 0 bridgehead atoms. The standard InChI is InChI=1S/C30H42N2O7/c1-19(31-29(36)26-9-6-14-38-26)25(33)17-22(15-21-10-12-23(37-3)13-11-21)28(35)32-24(16-20-7-4-5-8-20)27(34)30(2)18-39-30/h10-13,19-20,22,24,26H,4-9,14-18H2,1-3H3,(H,31,36)(H,32,35)/t19-,22-,24+,26?,30-/m1/s1. The minimum atomic E-state index is -0.848. The smallest absolute Gasteiger partial charge is 0.249 e. The van der Waals surface area contributed by atoms with Crippen LogP contribution in [0.4, 0.5) is 0 Å². The summed E-state index contributed by atoms with van der Waals surface area (Å²) in [5, 5.41) is 5.76. The summed E-state index contributed by atoms with van der Waals surface area (Å²) in [7, 11) is 1.59. The van der Waals surface area contributed by atoms with Gasteiger partial charge in [-0.25, -0.2) is 0 Å². The number of carbonyl (C=O) groups excluding carboxylic acids is 4. The van der Waals surface area contributed by atoms with Crippen LogP contribution in [-0.2, 0) is 35.1 Å². The fraction of sp³-hybridized carbons (Fsp3) is 0.667. The lowest BCUT2D eigenvalue weighted by molar-refractivity contribution is -0.136. The van der Waals surface area contributed by atoms with E-state index < -0.39 is 29.7 Å². The second kappa shape index (κ2) is 13.0. The highest BCUT2D eigenvalue weighted by Crippen LogP contribution is 2.34. The SMILES string of the molecule is COc1ccc(C[C@H](CC(=O)[C@@H](C)NC(=O)C2CCCO2)C(=O)N[C@@H](CC2CCCC2)C(=O)[C@@]2(C)CO2)cc1. The number of carbonyl (C=O) groups is 4. The highest BCUT2D eigenvalue weighted by atomic mass is 16.6. The molecule has 9 nitrogen and oxygen atoms in total. The summed E-state index contributed by atoms with van der Waals surface area (Å²) >= 11 is 0. The molecule has 39 heavy (non-hydrogen) atoms. The van der Waals surface area contributed by atoms with Crippen LogP contribution in [0.3, 0.4) is 0 Å². The van der Waals surface area contributed by atoms with E-state index in [0.29, 0.717) is 44.1 Å². The Morgan fingerprint density at radius 3 is 2.33 bits per heavy atom. The molecule has 1 aliphatic carbocycles. The zero-order chi connectivity index (χ0) is 28.0. The summed E-state index contributed by atoms with van der Waals surface area (Å²) in [5.74, 6) is -0.611. The van der Waals surface area contributed by atoms with Crippen molar-refractivity contribution in [3.05, 3.63) is 29.8 Å². The molecular weight excluding hydrogens is 500 g/mol. The topological polar surface area (TPSA) is 123 Å². The molecule has 1 aromatic carbocycles. The minimum Gasteiger partial charge on any atom is -0.497 e. The molecule has 3 fully saturated rings. The molecule has 1 aromatic rings. The van der Waals surface area contributed by atoms with Crippen molar-refractivity contribution in [3.8, 4) is 5.75 Å². The number of epoxide rings is 1. The van der Waals surface area contributed by atoms with E-state index in [-0.39, 0.29) is 29.8 Å². The summed E-state index contributed by atoms with van der Waals surface area (Å²) in [5.41, 5.74) is 0.0230. The van der Waals surface area contributed by atoms with Gasteiger partial charge < -0.3 is 24.8 Å². The number of hydrogen-bond donors (Lipinski definition) is 2. The first-order valence-corrected chi connectivity index (χ1v) is 14.2. The quantitative estimate of drug-likeness (QED) is 0.347. The van der Waals surface area contributed by atoms with Gasteiger partial charge in [0.1, 0.15) is 17.5 Å². The summed E-state index contributed by atoms with van der Waals surface area (Å²) < 4.78 is 16.1. The van der Waals surface area contributed by atoms with Crippen molar-refractivity contribution in [2.45, 2.75) is 95.4 Å². The van der Waals surface area contributed by atoms with E-state index in [9.17, 15) is 19.2 Å². The van der Waals surface area contributed by atoms with E-state index in [1.807, 2.05) is 24.3 Å². The van der Waals surface area contributed by atoms with Gasteiger partial charge >= 0.3 is 0 Å². The number of hydrogen-bond acceptors (Lipinski definition) is 7. The van der Waals surface area contributed by atoms with Gasteiger partial charge in [0.25, 0.3) is 0 Å². The van der Waals surface area contributed by atoms with Crippen molar-refractivity contribution in [1.82, 2.24) is 10.6 Å². The van der Waals surface area contributed by atoms with Crippen molar-refractivity contribution in [3.63, 3.8) is 0 Å². The maximum Gasteiger partial charge on any atom is 0.249 e. The summed E-state index contributed by atoms with van der Waals surface area (Å²) in [6.07, 6.45) is 6.11. The summed E-state index contributed by atoms with van der Waals surface area (Å²) in [4.78, 5) is 52.7. The van der Waals surface area contributed by atoms with E-state index in [1.165, 1.54) is 0 Å². The number of ether oxygens (including phenoxy) is 3. The van der Waals surface area contributed by atoms with E-state index >= 15 is 0 Å². The first kappa shape index (κ1) is 29.2. The van der Waals surface area contributed by atoms with Crippen molar-refractivity contribution in [1.29, 1.82) is 0 Å². The Bertz CT molecular complexity index is 1020. The Kier molecular flexibility index (Phi) is 9.77. The molecule has 2 aliphatic heterocycles. The van der Waals surface area contributed by atoms with Gasteiger partial charge in [0.05, 0.1) is 25.8 Å². The largest absolute Gasteiger partial charge is 0.497 e. The normalized spacial score (nSPS) is 24.9. The Morgan fingerprint density at radius 1 is 1.05 bits per heavy atom. The van der Waals surface area contributed by atoms with Gasteiger partial charge in [0.15, 0.2) is 11.6 Å². The molecule has 214 valence electrons. The molecule has 1 unspecified atom stereocenters. The third-order valence-corrected chi connectivity index (χ3v) is 8.30. The minimum absolute atomic E-state index is 0.0665. The van der Waals surface area contributed by atoms with Crippen molar-refractivity contribution >= 4 is 23.4 Å². The molecular formula is C30H42N2O7. The number of ketones is 2. The molecule has 5 atom stereocenters. The molecule has 2 saturated heterocycles. The Labute approximate surface area is 230 Å². The van der Waals surface area contributed by atoms with Gasteiger partial charge in [0.2, 0.25) is 11.8 Å². The van der Waals surface area contributed by atoms with Gasteiger partial charge in [-0.15, -0.1) is 0 Å². The Morgan fingerprint density at radius 2 is 1.74 bits per heavy atom. The second-order valence-corrected chi connectivity index (χ2v) is 11.5. The Balaban J connectivity index is 1.46. The molecule has 3 aliphatic rings. The number of rotatable bonds is 14. The highest BCUT2D eigenvalue weighted by Gasteiger charge is 2.50. The predicted molar refractivity (Wildman–Crippen MR) is 144 cm³/mol. The molecule has 2 heterocycles. The maximum atomic E-state index is 13.7. The molecule has 0 aromatic heterocycles. The van der Waals surface area contributed by atoms with Crippen LogP contribution in [0, 0.1) is 11.8 Å². The number of Topliss-reactive ketones (excluding diaryl/α,β-unsaturated/α-hetero) is 2. The molecule has 0 radical (unpaired) electrons. The van der Waals surface area contributed by atoms with Crippen LogP contribution in [0.2, 0.25) is 0 Å². The average molecular weight is 543 g/mol. The van der Waals surface area contributed by atoms with Crippen molar-refractivity contribution in [2.24, 2.45) is 11.8 Å². The van der Waals surface area contributed by atoms with Crippen LogP contribution in [0.5, 0.6) is 5.75 Å². The highest BCUT2D eigenvalue weighted by molar-refractivity contribution is 5.98. The van der Waals surface area contributed by atoms with Gasteiger partial charge in [-0.1, -0.05) is 37.8 Å². The lowest BCUT2D eigenvalue weighted by atomic mass is 9.88. The van der Waals surface area contributed by atoms with Crippen LogP contribution in [-0.4, -0.2) is 67.5 Å². The van der Waals surface area contributed by atoms with Gasteiger partial charge in [-0.05, 0) is 63.1 Å². The molecule has 4 rings (SSSR count). The molecule has 2 amide bonds. The second-order valence-electron chi connectivity index (χ2n) is 11.5. The van der Waals surface area contributed by atoms with Crippen LogP contribution in [0.15, 0.2) is 24.3 Å². The van der Waals surface area contributed by atoms with E-state index in [1.54, 1.807) is 21.0 Å². The van der Waals surface area contributed by atoms with Crippen LogP contribution in [0.1, 0.15) is 70.8 Å². The van der Waals surface area contributed by atoms with E-state index in [0.717, 1.165) is 37.7 Å². The van der Waals surface area contributed by atoms with Gasteiger partial charge in [0, 0.05) is 18.9 Å². The van der Waals surface area contributed by atoms with Crippen LogP contribution < -0.4 is 15.4 Å². The van der Waals surface area contributed by atoms with Crippen LogP contribution >= 0.6 is 0 Å². The zero-order valence-electron chi connectivity index (χ0n) is 23.3. The average Bonchev–Trinajstić information content (AvgIpc) is 3.32. The Hall–Kier alpha value is -2.78. The maximum absolute atomic E-state index is 13.7. The third-order valence-electron chi connectivity index (χ3n) is 8.30. The molecule has 9 heteroatoms. The number of methoxy groups -OCH3 is 1. The van der Waals surface area contributed by atoms with Crippen molar-refractivity contribution in [2.75, 3.05) is 20.3 Å². The predicted octanol–water partition coefficient (Wildman–Crippen LogP) is 2.92. The van der Waals surface area contributed by atoms with E-state index in [2.05, 4.69) is 10.6 Å². The van der Waals surface area contributed by atoms with Gasteiger partial charge in [-0.2, -0.15) is 0 Å².